The van der Waals surface area contributed by atoms with E-state index >= 15 is 0 Å². The van der Waals surface area contributed by atoms with E-state index in [0.717, 1.165) is 29.0 Å². The number of amides is 3. The maximum Gasteiger partial charge on any atom is 0.329 e. The minimum absolute atomic E-state index is 0.0417. The van der Waals surface area contributed by atoms with Crippen LogP contribution < -0.4 is 5.43 Å². The Kier molecular flexibility index (Phi) is 5.22. The first-order valence-electron chi connectivity index (χ1n) is 11.0. The Balaban J connectivity index is 1.34. The van der Waals surface area contributed by atoms with Crippen LogP contribution in [0.15, 0.2) is 23.3 Å². The molecule has 3 aliphatic rings. The average molecular weight is 440 g/mol. The van der Waals surface area contributed by atoms with Gasteiger partial charge in [0.05, 0.1) is 11.1 Å². The molecule has 170 valence electrons. The normalized spacial score (nSPS) is 27.6. The first-order chi connectivity index (χ1) is 15.0. The number of carbonyl (C=O) groups is 4. The van der Waals surface area contributed by atoms with E-state index in [2.05, 4.69) is 31.3 Å². The van der Waals surface area contributed by atoms with Gasteiger partial charge in [-0.2, -0.15) is 5.10 Å². The molecule has 0 spiro atoms. The van der Waals surface area contributed by atoms with E-state index in [1.807, 2.05) is 6.92 Å². The van der Waals surface area contributed by atoms with Crippen LogP contribution in [0, 0.1) is 23.7 Å². The number of nitrogens with zero attached hydrogens (tertiary/aromatic N) is 2. The lowest BCUT2D eigenvalue weighted by Crippen LogP contribution is -2.44. The van der Waals surface area contributed by atoms with E-state index in [9.17, 15) is 19.2 Å². The SMILES string of the molecule is Cc1ccc2c(c1)C(=O)N(C(C)C(=O)OCC(=O)N/N=C1\CC3CCC1(C)C3(C)C)C2=O. The average Bonchev–Trinajstić information content (AvgIpc) is 3.20. The minimum atomic E-state index is -1.15. The zero-order valence-electron chi connectivity index (χ0n) is 19.2. The summed E-state index contributed by atoms with van der Waals surface area (Å²) in [4.78, 5) is 50.8. The highest BCUT2D eigenvalue weighted by atomic mass is 16.5. The lowest BCUT2D eigenvalue weighted by atomic mass is 9.70. The van der Waals surface area contributed by atoms with Crippen molar-refractivity contribution in [3.63, 3.8) is 0 Å². The number of hydrogen-bond donors (Lipinski definition) is 1. The summed E-state index contributed by atoms with van der Waals surface area (Å²) in [6, 6.07) is 3.79. The molecular formula is C24H29N3O5. The first kappa shape index (κ1) is 22.2. The van der Waals surface area contributed by atoms with Gasteiger partial charge in [0.1, 0.15) is 6.04 Å². The number of benzene rings is 1. The Hall–Kier alpha value is -3.03. The molecule has 1 heterocycles. The molecule has 0 saturated heterocycles. The molecule has 1 aliphatic heterocycles. The zero-order valence-corrected chi connectivity index (χ0v) is 19.2. The quantitative estimate of drug-likeness (QED) is 0.431. The fraction of sp³-hybridized carbons (Fsp3) is 0.542. The van der Waals surface area contributed by atoms with Gasteiger partial charge < -0.3 is 4.74 Å². The van der Waals surface area contributed by atoms with Crippen molar-refractivity contribution in [2.24, 2.45) is 21.8 Å². The van der Waals surface area contributed by atoms with E-state index in [4.69, 9.17) is 4.74 Å². The lowest BCUT2D eigenvalue weighted by Gasteiger charge is -2.34. The van der Waals surface area contributed by atoms with Crippen LogP contribution in [0.2, 0.25) is 0 Å². The molecule has 1 N–H and O–H groups in total. The van der Waals surface area contributed by atoms with Gasteiger partial charge in [0.2, 0.25) is 0 Å². The second kappa shape index (κ2) is 7.53. The van der Waals surface area contributed by atoms with Crippen LogP contribution in [0.1, 0.15) is 73.2 Å². The van der Waals surface area contributed by atoms with Gasteiger partial charge in [-0.3, -0.25) is 19.3 Å². The van der Waals surface area contributed by atoms with Crippen LogP contribution in [0.5, 0.6) is 0 Å². The van der Waals surface area contributed by atoms with Crippen LogP contribution in [-0.2, 0) is 14.3 Å². The van der Waals surface area contributed by atoms with Crippen LogP contribution in [0.25, 0.3) is 0 Å². The molecule has 0 radical (unpaired) electrons. The van der Waals surface area contributed by atoms with Gasteiger partial charge in [-0.15, -0.1) is 0 Å². The highest BCUT2D eigenvalue weighted by molar-refractivity contribution is 6.22. The monoisotopic (exact) mass is 439 g/mol. The molecule has 3 unspecified atom stereocenters. The van der Waals surface area contributed by atoms with Crippen LogP contribution in [0.3, 0.4) is 0 Å². The van der Waals surface area contributed by atoms with Crippen molar-refractivity contribution in [3.8, 4) is 0 Å². The number of esters is 1. The predicted octanol–water partition coefficient (Wildman–Crippen LogP) is 2.84. The first-order valence-corrected chi connectivity index (χ1v) is 11.0. The molecule has 4 rings (SSSR count). The number of carbonyl (C=O) groups excluding carboxylic acids is 4. The van der Waals surface area contributed by atoms with Gasteiger partial charge in [-0.25, -0.2) is 10.2 Å². The van der Waals surface area contributed by atoms with E-state index in [1.54, 1.807) is 18.2 Å². The molecule has 2 aliphatic carbocycles. The summed E-state index contributed by atoms with van der Waals surface area (Å²) >= 11 is 0. The number of hydrogen-bond acceptors (Lipinski definition) is 6. The molecular weight excluding hydrogens is 410 g/mol. The second-order valence-electron chi connectivity index (χ2n) is 9.90. The van der Waals surface area contributed by atoms with Crippen molar-refractivity contribution in [2.75, 3.05) is 6.61 Å². The number of rotatable bonds is 5. The Labute approximate surface area is 187 Å². The van der Waals surface area contributed by atoms with Crippen molar-refractivity contribution < 1.29 is 23.9 Å². The topological polar surface area (TPSA) is 105 Å². The third kappa shape index (κ3) is 3.24. The molecule has 2 bridgehead atoms. The molecule has 3 amide bonds. The maximum atomic E-state index is 12.6. The van der Waals surface area contributed by atoms with Gasteiger partial charge in [-0.1, -0.05) is 32.4 Å². The number of nitrogens with one attached hydrogen (secondary N) is 1. The summed E-state index contributed by atoms with van der Waals surface area (Å²) in [6.07, 6.45) is 3.08. The fourth-order valence-electron chi connectivity index (χ4n) is 5.35. The van der Waals surface area contributed by atoms with Gasteiger partial charge in [-0.05, 0) is 56.6 Å². The molecule has 0 aromatic heterocycles. The molecule has 8 heteroatoms. The van der Waals surface area contributed by atoms with Crippen molar-refractivity contribution in [1.29, 1.82) is 0 Å². The summed E-state index contributed by atoms with van der Waals surface area (Å²) in [5.74, 6) is -1.91. The number of ether oxygens (including phenoxy) is 1. The molecule has 1 aromatic carbocycles. The Morgan fingerprint density at radius 2 is 1.91 bits per heavy atom. The Morgan fingerprint density at radius 3 is 2.53 bits per heavy atom. The summed E-state index contributed by atoms with van der Waals surface area (Å²) in [7, 11) is 0. The highest BCUT2D eigenvalue weighted by Gasteiger charge is 2.60. The summed E-state index contributed by atoms with van der Waals surface area (Å²) in [5.41, 5.74) is 4.95. The smallest absolute Gasteiger partial charge is 0.329 e. The second-order valence-corrected chi connectivity index (χ2v) is 9.90. The van der Waals surface area contributed by atoms with Gasteiger partial charge in [0.15, 0.2) is 6.61 Å². The minimum Gasteiger partial charge on any atom is -0.454 e. The third-order valence-corrected chi connectivity index (χ3v) is 7.98. The molecule has 8 nitrogen and oxygen atoms in total. The molecule has 32 heavy (non-hydrogen) atoms. The van der Waals surface area contributed by atoms with Crippen molar-refractivity contribution in [3.05, 3.63) is 34.9 Å². The Morgan fingerprint density at radius 1 is 1.22 bits per heavy atom. The maximum absolute atomic E-state index is 12.6. The third-order valence-electron chi connectivity index (χ3n) is 7.98. The Bertz CT molecular complexity index is 1060. The van der Waals surface area contributed by atoms with Crippen LogP contribution >= 0.6 is 0 Å². The van der Waals surface area contributed by atoms with Gasteiger partial charge in [0.25, 0.3) is 17.7 Å². The zero-order chi connectivity index (χ0) is 23.4. The summed E-state index contributed by atoms with van der Waals surface area (Å²) < 4.78 is 5.07. The number of hydrazone groups is 1. The summed E-state index contributed by atoms with van der Waals surface area (Å²) in [6.45, 7) is 9.38. The van der Waals surface area contributed by atoms with Crippen molar-refractivity contribution >= 4 is 29.4 Å². The fourth-order valence-corrected chi connectivity index (χ4v) is 5.35. The van der Waals surface area contributed by atoms with E-state index < -0.39 is 36.3 Å². The van der Waals surface area contributed by atoms with E-state index in [0.29, 0.717) is 5.92 Å². The number of fused-ring (bicyclic) bond motifs is 3. The van der Waals surface area contributed by atoms with Crippen molar-refractivity contribution in [2.45, 2.75) is 59.9 Å². The van der Waals surface area contributed by atoms with Gasteiger partial charge in [0, 0.05) is 11.1 Å². The van der Waals surface area contributed by atoms with E-state index in [1.165, 1.54) is 13.3 Å². The molecule has 2 saturated carbocycles. The van der Waals surface area contributed by atoms with Crippen molar-refractivity contribution in [1.82, 2.24) is 10.3 Å². The van der Waals surface area contributed by atoms with Gasteiger partial charge >= 0.3 is 5.97 Å². The lowest BCUT2D eigenvalue weighted by molar-refractivity contribution is -0.151. The summed E-state index contributed by atoms with van der Waals surface area (Å²) in [5, 5.41) is 4.34. The number of aryl methyl sites for hydroxylation is 1. The molecule has 3 atom stereocenters. The predicted molar refractivity (Wildman–Crippen MR) is 117 cm³/mol. The molecule has 1 aromatic rings. The number of imide groups is 1. The largest absolute Gasteiger partial charge is 0.454 e. The molecule has 2 fully saturated rings. The van der Waals surface area contributed by atoms with E-state index in [-0.39, 0.29) is 22.0 Å². The standard InChI is InChI=1S/C24H29N3O5/c1-13-6-7-16-17(10-13)21(30)27(20(16)29)14(2)22(31)32-12-19(28)26-25-18-11-15-8-9-24(18,5)23(15,3)4/h6-7,10,14-15H,8-9,11-12H2,1-5H3,(H,26,28)/b25-18+. The van der Waals surface area contributed by atoms with Crippen LogP contribution in [-0.4, -0.2) is 47.0 Å². The van der Waals surface area contributed by atoms with Crippen LogP contribution in [0.4, 0.5) is 0 Å². The highest BCUT2D eigenvalue weighted by Crippen LogP contribution is 2.63.